The normalized spacial score (nSPS) is 15.8. The highest BCUT2D eigenvalue weighted by Crippen LogP contribution is 2.32. The van der Waals surface area contributed by atoms with Gasteiger partial charge in [-0.1, -0.05) is 30.5 Å². The molecule has 0 aliphatic heterocycles. The second-order valence-corrected chi connectivity index (χ2v) is 6.15. The molecule has 1 fully saturated rings. The Kier molecular flexibility index (Phi) is 3.61. The zero-order chi connectivity index (χ0) is 15.6. The number of nitrogens with zero attached hydrogens (tertiary/aromatic N) is 1. The lowest BCUT2D eigenvalue weighted by Gasteiger charge is -2.18. The summed E-state index contributed by atoms with van der Waals surface area (Å²) in [6, 6.07) is 9.50. The molecule has 5 heteroatoms. The molecule has 2 N–H and O–H groups in total. The van der Waals surface area contributed by atoms with Crippen LogP contribution in [0.2, 0.25) is 0 Å². The van der Waals surface area contributed by atoms with E-state index in [1.807, 2.05) is 30.5 Å². The van der Waals surface area contributed by atoms with Gasteiger partial charge in [0.05, 0.1) is 11.4 Å². The minimum absolute atomic E-state index is 0.256. The summed E-state index contributed by atoms with van der Waals surface area (Å²) >= 11 is 0. The van der Waals surface area contributed by atoms with Gasteiger partial charge in [0.25, 0.3) is 5.91 Å². The van der Waals surface area contributed by atoms with E-state index in [1.54, 1.807) is 6.07 Å². The van der Waals surface area contributed by atoms with Crippen LogP contribution in [0.1, 0.15) is 54.3 Å². The number of rotatable bonds is 3. The lowest BCUT2D eigenvalue weighted by atomic mass is 9.87. The molecule has 1 aliphatic rings. The van der Waals surface area contributed by atoms with E-state index in [9.17, 15) is 4.79 Å². The van der Waals surface area contributed by atoms with Gasteiger partial charge in [0.1, 0.15) is 0 Å². The van der Waals surface area contributed by atoms with E-state index in [4.69, 9.17) is 4.52 Å². The number of fused-ring (bicyclic) bond motifs is 1. The fourth-order valence-corrected chi connectivity index (χ4v) is 3.36. The van der Waals surface area contributed by atoms with E-state index >= 15 is 0 Å². The van der Waals surface area contributed by atoms with Crippen LogP contribution in [0.4, 0.5) is 5.69 Å². The molecule has 0 saturated heterocycles. The first-order chi connectivity index (χ1) is 11.3. The van der Waals surface area contributed by atoms with Crippen molar-refractivity contribution < 1.29 is 9.32 Å². The maximum atomic E-state index is 12.4. The Bertz CT molecular complexity index is 828. The molecule has 1 aliphatic carbocycles. The smallest absolute Gasteiger partial charge is 0.294 e. The summed E-state index contributed by atoms with van der Waals surface area (Å²) in [6.07, 6.45) is 7.88. The van der Waals surface area contributed by atoms with Gasteiger partial charge in [0.2, 0.25) is 5.76 Å². The molecule has 0 spiro atoms. The van der Waals surface area contributed by atoms with Crippen molar-refractivity contribution >= 4 is 22.5 Å². The summed E-state index contributed by atoms with van der Waals surface area (Å²) in [5.41, 5.74) is 2.67. The highest BCUT2D eigenvalue weighted by molar-refractivity contribution is 6.07. The molecular weight excluding hydrogens is 290 g/mol. The molecule has 0 radical (unpaired) electrons. The van der Waals surface area contributed by atoms with Gasteiger partial charge in [0, 0.05) is 29.1 Å². The van der Waals surface area contributed by atoms with Crippen molar-refractivity contribution in [3.63, 3.8) is 0 Å². The van der Waals surface area contributed by atoms with E-state index in [2.05, 4.69) is 15.5 Å². The van der Waals surface area contributed by atoms with Crippen molar-refractivity contribution in [1.82, 2.24) is 10.1 Å². The lowest BCUT2D eigenvalue weighted by molar-refractivity contribution is 0.0988. The molecule has 1 amide bonds. The number of H-pyrrole nitrogens is 1. The van der Waals surface area contributed by atoms with Crippen LogP contribution in [0, 0.1) is 0 Å². The molecule has 1 aromatic carbocycles. The molecular formula is C18H19N3O2. The Balaban J connectivity index is 1.53. The molecule has 0 bridgehead atoms. The Morgan fingerprint density at radius 2 is 2.09 bits per heavy atom. The van der Waals surface area contributed by atoms with E-state index in [-0.39, 0.29) is 11.7 Å². The van der Waals surface area contributed by atoms with Crippen molar-refractivity contribution in [2.45, 2.75) is 38.0 Å². The summed E-state index contributed by atoms with van der Waals surface area (Å²) in [4.78, 5) is 15.6. The summed E-state index contributed by atoms with van der Waals surface area (Å²) in [6.45, 7) is 0. The fraction of sp³-hybridized carbons (Fsp3) is 0.333. The first kappa shape index (κ1) is 14.1. The SMILES string of the molecule is O=C(Nc1cccc2[nH]ccc12)c1cc(C2CCCCC2)no1. The molecule has 0 unspecified atom stereocenters. The number of hydrogen-bond acceptors (Lipinski definition) is 3. The molecule has 2 heterocycles. The van der Waals surface area contributed by atoms with Crippen molar-refractivity contribution in [3.05, 3.63) is 48.0 Å². The maximum absolute atomic E-state index is 12.4. The van der Waals surface area contributed by atoms with E-state index in [1.165, 1.54) is 19.3 Å². The minimum Gasteiger partial charge on any atom is -0.361 e. The number of hydrogen-bond donors (Lipinski definition) is 2. The number of amides is 1. The fourth-order valence-electron chi connectivity index (χ4n) is 3.36. The molecule has 1 saturated carbocycles. The van der Waals surface area contributed by atoms with Gasteiger partial charge in [-0.05, 0) is 31.0 Å². The highest BCUT2D eigenvalue weighted by Gasteiger charge is 2.21. The summed E-state index contributed by atoms with van der Waals surface area (Å²) in [7, 11) is 0. The third-order valence-corrected chi connectivity index (χ3v) is 4.62. The maximum Gasteiger partial charge on any atom is 0.294 e. The Morgan fingerprint density at radius 3 is 2.96 bits per heavy atom. The minimum atomic E-state index is -0.256. The van der Waals surface area contributed by atoms with Crippen molar-refractivity contribution in [2.75, 3.05) is 5.32 Å². The average molecular weight is 309 g/mol. The first-order valence-corrected chi connectivity index (χ1v) is 8.15. The predicted octanol–water partition coefficient (Wildman–Crippen LogP) is 4.46. The van der Waals surface area contributed by atoms with Crippen LogP contribution in [0.25, 0.3) is 10.9 Å². The zero-order valence-electron chi connectivity index (χ0n) is 12.8. The average Bonchev–Trinajstić information content (AvgIpc) is 3.25. The van der Waals surface area contributed by atoms with Crippen LogP contribution in [0.5, 0.6) is 0 Å². The van der Waals surface area contributed by atoms with Gasteiger partial charge < -0.3 is 14.8 Å². The molecule has 23 heavy (non-hydrogen) atoms. The second kappa shape index (κ2) is 5.91. The predicted molar refractivity (Wildman–Crippen MR) is 88.6 cm³/mol. The Labute approximate surface area is 134 Å². The quantitative estimate of drug-likeness (QED) is 0.750. The monoisotopic (exact) mass is 309 g/mol. The third-order valence-electron chi connectivity index (χ3n) is 4.62. The van der Waals surface area contributed by atoms with Crippen molar-refractivity contribution in [3.8, 4) is 0 Å². The van der Waals surface area contributed by atoms with Gasteiger partial charge in [-0.25, -0.2) is 0 Å². The zero-order valence-corrected chi connectivity index (χ0v) is 12.8. The van der Waals surface area contributed by atoms with Gasteiger partial charge in [0.15, 0.2) is 0 Å². The van der Waals surface area contributed by atoms with Crippen LogP contribution in [-0.4, -0.2) is 16.0 Å². The van der Waals surface area contributed by atoms with Crippen molar-refractivity contribution in [2.24, 2.45) is 0 Å². The third kappa shape index (κ3) is 2.74. The molecule has 4 rings (SSSR count). The van der Waals surface area contributed by atoms with Crippen molar-refractivity contribution in [1.29, 1.82) is 0 Å². The van der Waals surface area contributed by atoms with E-state index in [0.717, 1.165) is 35.1 Å². The van der Waals surface area contributed by atoms with E-state index < -0.39 is 0 Å². The van der Waals surface area contributed by atoms with Crippen LogP contribution in [0.15, 0.2) is 41.1 Å². The Morgan fingerprint density at radius 1 is 1.22 bits per heavy atom. The molecule has 2 aromatic heterocycles. The standard InChI is InChI=1S/C18H19N3O2/c22-18(20-15-8-4-7-14-13(15)9-10-19-14)17-11-16(21-23-17)12-5-2-1-3-6-12/h4,7-12,19H,1-3,5-6H2,(H,20,22). The number of benzene rings is 1. The van der Waals surface area contributed by atoms with Gasteiger partial charge in [-0.15, -0.1) is 0 Å². The molecule has 118 valence electrons. The summed E-state index contributed by atoms with van der Waals surface area (Å²) in [5, 5.41) is 8.00. The van der Waals surface area contributed by atoms with Gasteiger partial charge in [-0.3, -0.25) is 4.79 Å². The summed E-state index contributed by atoms with van der Waals surface area (Å²) in [5.74, 6) is 0.452. The van der Waals surface area contributed by atoms with Gasteiger partial charge in [-0.2, -0.15) is 0 Å². The number of carbonyl (C=O) groups is 1. The van der Waals surface area contributed by atoms with E-state index in [0.29, 0.717) is 5.92 Å². The number of nitrogens with one attached hydrogen (secondary N) is 2. The highest BCUT2D eigenvalue weighted by atomic mass is 16.5. The number of aromatic nitrogens is 2. The van der Waals surface area contributed by atoms with Crippen LogP contribution in [0.3, 0.4) is 0 Å². The summed E-state index contributed by atoms with van der Waals surface area (Å²) < 4.78 is 5.28. The lowest BCUT2D eigenvalue weighted by Crippen LogP contribution is -2.11. The largest absolute Gasteiger partial charge is 0.361 e. The second-order valence-electron chi connectivity index (χ2n) is 6.15. The van der Waals surface area contributed by atoms with Gasteiger partial charge >= 0.3 is 0 Å². The molecule has 0 atom stereocenters. The molecule has 5 nitrogen and oxygen atoms in total. The number of aromatic amines is 1. The van der Waals surface area contributed by atoms with Crippen LogP contribution < -0.4 is 5.32 Å². The Hall–Kier alpha value is -2.56. The topological polar surface area (TPSA) is 70.9 Å². The number of anilines is 1. The first-order valence-electron chi connectivity index (χ1n) is 8.15. The van der Waals surface area contributed by atoms with Crippen LogP contribution >= 0.6 is 0 Å². The van der Waals surface area contributed by atoms with Crippen LogP contribution in [-0.2, 0) is 0 Å². The number of carbonyl (C=O) groups excluding carboxylic acids is 1. The molecule has 3 aromatic rings.